The fourth-order valence-corrected chi connectivity index (χ4v) is 5.31. The number of ether oxygens (including phenoxy) is 1. The fraction of sp³-hybridized carbons (Fsp3) is 0.269. The van der Waals surface area contributed by atoms with E-state index in [0.29, 0.717) is 27.8 Å². The van der Waals surface area contributed by atoms with Crippen LogP contribution in [0.5, 0.6) is 0 Å². The van der Waals surface area contributed by atoms with Crippen molar-refractivity contribution < 1.29 is 18.8 Å². The Hall–Kier alpha value is -3.27. The summed E-state index contributed by atoms with van der Waals surface area (Å²) in [6.07, 6.45) is 2.94. The first kappa shape index (κ1) is 22.2. The van der Waals surface area contributed by atoms with Crippen molar-refractivity contribution in [2.75, 3.05) is 32.8 Å². The number of halogens is 1. The highest BCUT2D eigenvalue weighted by molar-refractivity contribution is 9.10. The monoisotopic (exact) mass is 534 g/mol. The van der Waals surface area contributed by atoms with Gasteiger partial charge in [-0.1, -0.05) is 33.2 Å². The lowest BCUT2D eigenvalue weighted by atomic mass is 9.97. The number of amides is 2. The number of nitrogens with zero attached hydrogens (tertiary/aromatic N) is 3. The Bertz CT molecular complexity index is 1500. The van der Waals surface area contributed by atoms with Crippen molar-refractivity contribution in [3.8, 4) is 0 Å². The van der Waals surface area contributed by atoms with E-state index < -0.39 is 11.8 Å². The van der Waals surface area contributed by atoms with Gasteiger partial charge in [0.25, 0.3) is 11.8 Å². The van der Waals surface area contributed by atoms with Crippen molar-refractivity contribution in [2.24, 2.45) is 0 Å². The van der Waals surface area contributed by atoms with Crippen molar-refractivity contribution in [2.45, 2.75) is 13.0 Å². The van der Waals surface area contributed by atoms with Crippen molar-refractivity contribution >= 4 is 60.8 Å². The van der Waals surface area contributed by atoms with Gasteiger partial charge in [-0.3, -0.25) is 19.8 Å². The highest BCUT2D eigenvalue weighted by Crippen LogP contribution is 2.38. The quantitative estimate of drug-likeness (QED) is 0.378. The van der Waals surface area contributed by atoms with Gasteiger partial charge in [0.1, 0.15) is 5.69 Å². The fourth-order valence-electron chi connectivity index (χ4n) is 4.95. The van der Waals surface area contributed by atoms with E-state index in [-0.39, 0.29) is 5.57 Å². The number of carbonyl (C=O) groups excluding carboxylic acids is 2. The molecule has 2 aliphatic rings. The summed E-state index contributed by atoms with van der Waals surface area (Å²) in [6.45, 7) is 5.24. The van der Waals surface area contributed by atoms with Crippen LogP contribution in [0.4, 0.5) is 0 Å². The number of benzene rings is 2. The number of hydrogen-bond acceptors (Lipinski definition) is 6. The minimum Gasteiger partial charge on any atom is -0.379 e. The van der Waals surface area contributed by atoms with Gasteiger partial charge >= 0.3 is 0 Å². The number of para-hydroxylation sites is 1. The Morgan fingerprint density at radius 1 is 0.971 bits per heavy atom. The summed E-state index contributed by atoms with van der Waals surface area (Å²) in [6, 6.07) is 13.4. The highest BCUT2D eigenvalue weighted by atomic mass is 79.9. The van der Waals surface area contributed by atoms with Gasteiger partial charge in [0.05, 0.1) is 24.4 Å². The molecule has 2 aromatic heterocycles. The average molecular weight is 535 g/mol. The maximum absolute atomic E-state index is 13.1. The van der Waals surface area contributed by atoms with Gasteiger partial charge in [-0.05, 0) is 36.8 Å². The summed E-state index contributed by atoms with van der Waals surface area (Å²) in [5.41, 5.74) is 3.22. The molecule has 0 atom stereocenters. The van der Waals surface area contributed by atoms with Crippen LogP contribution in [0.3, 0.4) is 0 Å². The maximum Gasteiger partial charge on any atom is 0.261 e. The molecule has 0 unspecified atom stereocenters. The van der Waals surface area contributed by atoms with Crippen LogP contribution in [0.1, 0.15) is 17.7 Å². The third-order valence-corrected chi connectivity index (χ3v) is 7.13. The summed E-state index contributed by atoms with van der Waals surface area (Å²) in [5, 5.41) is 8.23. The van der Waals surface area contributed by atoms with Crippen LogP contribution < -0.4 is 5.32 Å². The van der Waals surface area contributed by atoms with E-state index in [9.17, 15) is 9.59 Å². The molecule has 2 aromatic carbocycles. The van der Waals surface area contributed by atoms with Crippen LogP contribution in [-0.4, -0.2) is 59.3 Å². The van der Waals surface area contributed by atoms with Gasteiger partial charge in [0.2, 0.25) is 0 Å². The second-order valence-electron chi connectivity index (χ2n) is 8.77. The Kier molecular flexibility index (Phi) is 5.75. The molecular formula is C26H23BrN4O4. The molecule has 0 radical (unpaired) electrons. The van der Waals surface area contributed by atoms with E-state index in [1.807, 2.05) is 42.6 Å². The maximum atomic E-state index is 13.1. The molecule has 4 aromatic rings. The topological polar surface area (TPSA) is 89.6 Å². The second-order valence-corrected chi connectivity index (χ2v) is 9.68. The molecule has 1 saturated heterocycles. The van der Waals surface area contributed by atoms with E-state index in [1.54, 1.807) is 6.07 Å². The number of imide groups is 1. The molecule has 1 fully saturated rings. The van der Waals surface area contributed by atoms with E-state index >= 15 is 0 Å². The minimum atomic E-state index is -0.465. The Morgan fingerprint density at radius 2 is 1.77 bits per heavy atom. The zero-order valence-corrected chi connectivity index (χ0v) is 20.5. The van der Waals surface area contributed by atoms with E-state index in [4.69, 9.17) is 9.26 Å². The van der Waals surface area contributed by atoms with Crippen molar-refractivity contribution in [3.63, 3.8) is 0 Å². The number of rotatable bonds is 6. The molecular weight excluding hydrogens is 512 g/mol. The first-order valence-corrected chi connectivity index (χ1v) is 12.4. The molecule has 178 valence electrons. The highest BCUT2D eigenvalue weighted by Gasteiger charge is 2.36. The molecule has 6 rings (SSSR count). The first-order chi connectivity index (χ1) is 17.1. The lowest BCUT2D eigenvalue weighted by Crippen LogP contribution is -2.37. The third-order valence-electron chi connectivity index (χ3n) is 6.63. The summed E-state index contributed by atoms with van der Waals surface area (Å²) in [4.78, 5) is 28.5. The van der Waals surface area contributed by atoms with Gasteiger partial charge in [-0.2, -0.15) is 0 Å². The smallest absolute Gasteiger partial charge is 0.261 e. The second kappa shape index (κ2) is 9.07. The lowest BCUT2D eigenvalue weighted by molar-refractivity contribution is -0.122. The molecule has 9 heteroatoms. The van der Waals surface area contributed by atoms with Gasteiger partial charge in [-0.25, -0.2) is 0 Å². The van der Waals surface area contributed by atoms with E-state index in [1.165, 1.54) is 0 Å². The Labute approximate surface area is 209 Å². The predicted molar refractivity (Wildman–Crippen MR) is 135 cm³/mol. The summed E-state index contributed by atoms with van der Waals surface area (Å²) in [7, 11) is 0. The lowest BCUT2D eigenvalue weighted by Gasteiger charge is -2.26. The summed E-state index contributed by atoms with van der Waals surface area (Å²) < 4.78 is 14.0. The van der Waals surface area contributed by atoms with Crippen LogP contribution >= 0.6 is 15.9 Å². The molecule has 0 bridgehead atoms. The van der Waals surface area contributed by atoms with Crippen molar-refractivity contribution in [1.29, 1.82) is 0 Å². The zero-order chi connectivity index (χ0) is 23.9. The number of morpholine rings is 1. The Balaban J connectivity index is 1.44. The standard InChI is InChI=1S/C26H23BrN4O4/c27-16-6-7-20-18(14-16)19(15-31(20)9-3-8-30-10-12-34-13-11-30)22-23(26(33)28-25(22)32)24-17-4-1-2-5-21(17)35-29-24/h1-2,4-7,14-15H,3,8-13H2,(H,28,32,33). The molecule has 8 nitrogen and oxygen atoms in total. The number of nitrogens with one attached hydrogen (secondary N) is 1. The number of aromatic nitrogens is 2. The summed E-state index contributed by atoms with van der Waals surface area (Å²) in [5.74, 6) is -0.892. The van der Waals surface area contributed by atoms with Crippen LogP contribution in [0.2, 0.25) is 0 Å². The molecule has 1 N–H and O–H groups in total. The Morgan fingerprint density at radius 3 is 2.63 bits per heavy atom. The van der Waals surface area contributed by atoms with Crippen LogP contribution in [0.25, 0.3) is 33.0 Å². The molecule has 0 aliphatic carbocycles. The number of carbonyl (C=O) groups is 2. The molecule has 0 saturated carbocycles. The van der Waals surface area contributed by atoms with E-state index in [0.717, 1.165) is 61.2 Å². The van der Waals surface area contributed by atoms with Gasteiger partial charge in [0.15, 0.2) is 5.58 Å². The van der Waals surface area contributed by atoms with Gasteiger partial charge < -0.3 is 13.8 Å². The molecule has 0 spiro atoms. The molecule has 2 amide bonds. The van der Waals surface area contributed by atoms with Crippen LogP contribution in [0, 0.1) is 0 Å². The van der Waals surface area contributed by atoms with Gasteiger partial charge in [-0.15, -0.1) is 0 Å². The predicted octanol–water partition coefficient (Wildman–Crippen LogP) is 3.83. The van der Waals surface area contributed by atoms with E-state index in [2.05, 4.69) is 35.9 Å². The average Bonchev–Trinajstić information content (AvgIpc) is 3.52. The number of fused-ring (bicyclic) bond motifs is 2. The SMILES string of the molecule is O=C1NC(=O)C(c2cn(CCCN3CCOCC3)c3ccc(Br)cc23)=C1c1noc2ccccc12. The minimum absolute atomic E-state index is 0.243. The van der Waals surface area contributed by atoms with Crippen molar-refractivity contribution in [1.82, 2.24) is 19.9 Å². The number of aryl methyl sites for hydroxylation is 1. The number of hydrogen-bond donors (Lipinski definition) is 1. The van der Waals surface area contributed by atoms with Gasteiger partial charge in [0, 0.05) is 58.7 Å². The van der Waals surface area contributed by atoms with Crippen molar-refractivity contribution in [3.05, 3.63) is 64.4 Å². The zero-order valence-electron chi connectivity index (χ0n) is 18.9. The summed E-state index contributed by atoms with van der Waals surface area (Å²) >= 11 is 3.56. The normalized spacial score (nSPS) is 17.2. The van der Waals surface area contributed by atoms with Crippen LogP contribution in [0.15, 0.2) is 57.7 Å². The molecule has 35 heavy (non-hydrogen) atoms. The molecule has 4 heterocycles. The first-order valence-electron chi connectivity index (χ1n) is 11.6. The molecule has 2 aliphatic heterocycles. The van der Waals surface area contributed by atoms with Crippen LogP contribution in [-0.2, 0) is 20.9 Å². The third kappa shape index (κ3) is 3.99. The largest absolute Gasteiger partial charge is 0.379 e.